The van der Waals surface area contributed by atoms with E-state index in [2.05, 4.69) is 0 Å². The zero-order valence-electron chi connectivity index (χ0n) is 6.05. The molecule has 0 aromatic rings. The van der Waals surface area contributed by atoms with Crippen LogP contribution in [-0.2, 0) is 0 Å². The fraction of sp³-hybridized carbons (Fsp3) is 1.00. The average molecular weight is 134 g/mol. The smallest absolute Gasteiger partial charge is 0.275 e. The van der Waals surface area contributed by atoms with E-state index in [0.29, 0.717) is 0 Å². The second-order valence-corrected chi connectivity index (χ2v) is 3.51. The minimum absolute atomic E-state index is 0.0417. The van der Waals surface area contributed by atoms with E-state index in [0.717, 1.165) is 0 Å². The van der Waals surface area contributed by atoms with E-state index in [1.165, 1.54) is 0 Å². The van der Waals surface area contributed by atoms with Gasteiger partial charge in [-0.05, 0) is 5.41 Å². The Morgan fingerprint density at radius 1 is 1.00 bits per heavy atom. The lowest BCUT2D eigenvalue weighted by Gasteiger charge is -2.24. The normalized spacial score (nSPS) is 14.0. The number of rotatable bonds is 1. The second kappa shape index (κ2) is 2.25. The molecule has 0 atom stereocenters. The van der Waals surface area contributed by atoms with Gasteiger partial charge in [-0.2, -0.15) is 0 Å². The maximum absolute atomic E-state index is 8.46. The number of hydrogen-bond donors (Lipinski definition) is 3. The maximum Gasteiger partial charge on any atom is 0.275 e. The molecule has 56 valence electrons. The molecule has 0 unspecified atom stereocenters. The van der Waals surface area contributed by atoms with Crippen molar-refractivity contribution in [2.75, 3.05) is 0 Å². The van der Waals surface area contributed by atoms with Crippen LogP contribution in [0.3, 0.4) is 0 Å². The molecule has 9 heavy (non-hydrogen) atoms. The summed E-state index contributed by atoms with van der Waals surface area (Å²) < 4.78 is 0. The van der Waals surface area contributed by atoms with Crippen molar-refractivity contribution in [3.05, 3.63) is 0 Å². The number of aliphatic hydroxyl groups is 3. The van der Waals surface area contributed by atoms with Crippen LogP contribution in [0.2, 0.25) is 0 Å². The lowest BCUT2D eigenvalue weighted by Crippen LogP contribution is -2.32. The Kier molecular flexibility index (Phi) is 2.22. The van der Waals surface area contributed by atoms with Crippen LogP contribution >= 0.6 is 0 Å². The Hall–Kier alpha value is -0.120. The molecule has 0 fully saturated rings. The standard InChI is InChI=1S/C6H14O3/c1-5(2,3)4-6(7,8)9/h7-9H,4H2,1-3H3. The lowest BCUT2D eigenvalue weighted by atomic mass is 9.91. The minimum Gasteiger partial charge on any atom is -0.344 e. The average Bonchev–Trinajstić information content (AvgIpc) is 1.14. The molecular formula is C6H14O3. The highest BCUT2D eigenvalue weighted by molar-refractivity contribution is 4.64. The molecule has 0 aromatic carbocycles. The summed E-state index contributed by atoms with van der Waals surface area (Å²) in [7, 11) is 0. The monoisotopic (exact) mass is 134 g/mol. The van der Waals surface area contributed by atoms with E-state index >= 15 is 0 Å². The van der Waals surface area contributed by atoms with E-state index in [1.54, 1.807) is 0 Å². The first-order chi connectivity index (χ1) is 3.71. The molecule has 0 radical (unpaired) electrons. The van der Waals surface area contributed by atoms with Gasteiger partial charge in [0.25, 0.3) is 5.97 Å². The van der Waals surface area contributed by atoms with Crippen LogP contribution in [0.1, 0.15) is 27.2 Å². The summed E-state index contributed by atoms with van der Waals surface area (Å²) in [5.74, 6) is -2.52. The fourth-order valence-corrected chi connectivity index (χ4v) is 0.712. The summed E-state index contributed by atoms with van der Waals surface area (Å²) in [6.45, 7) is 5.43. The summed E-state index contributed by atoms with van der Waals surface area (Å²) in [6, 6.07) is 0. The summed E-state index contributed by atoms with van der Waals surface area (Å²) in [5.41, 5.74) is -0.266. The zero-order valence-corrected chi connectivity index (χ0v) is 6.05. The first-order valence-corrected chi connectivity index (χ1v) is 2.88. The summed E-state index contributed by atoms with van der Waals surface area (Å²) in [4.78, 5) is 0. The van der Waals surface area contributed by atoms with Crippen molar-refractivity contribution in [2.24, 2.45) is 5.41 Å². The molecule has 0 spiro atoms. The molecule has 0 aliphatic rings. The van der Waals surface area contributed by atoms with Crippen molar-refractivity contribution in [1.29, 1.82) is 0 Å². The van der Waals surface area contributed by atoms with Gasteiger partial charge in [0.2, 0.25) is 0 Å². The van der Waals surface area contributed by atoms with Crippen molar-refractivity contribution in [1.82, 2.24) is 0 Å². The number of hydrogen-bond acceptors (Lipinski definition) is 3. The van der Waals surface area contributed by atoms with E-state index in [1.807, 2.05) is 20.8 Å². The Balaban J connectivity index is 3.75. The van der Waals surface area contributed by atoms with Crippen molar-refractivity contribution in [3.8, 4) is 0 Å². The third-order valence-electron chi connectivity index (χ3n) is 0.768. The third-order valence-corrected chi connectivity index (χ3v) is 0.768. The molecule has 0 bridgehead atoms. The van der Waals surface area contributed by atoms with E-state index < -0.39 is 5.97 Å². The van der Waals surface area contributed by atoms with Crippen LogP contribution in [-0.4, -0.2) is 21.3 Å². The highest BCUT2D eigenvalue weighted by Gasteiger charge is 2.26. The Morgan fingerprint density at radius 3 is 1.33 bits per heavy atom. The Morgan fingerprint density at radius 2 is 1.33 bits per heavy atom. The van der Waals surface area contributed by atoms with Gasteiger partial charge < -0.3 is 15.3 Å². The van der Waals surface area contributed by atoms with Crippen LogP contribution in [0.25, 0.3) is 0 Å². The van der Waals surface area contributed by atoms with Crippen LogP contribution in [0.4, 0.5) is 0 Å². The summed E-state index contributed by atoms with van der Waals surface area (Å²) >= 11 is 0. The zero-order chi connectivity index (χ0) is 7.71. The Labute approximate surface area is 54.9 Å². The van der Waals surface area contributed by atoms with Gasteiger partial charge in [0.1, 0.15) is 0 Å². The van der Waals surface area contributed by atoms with Crippen LogP contribution in [0.15, 0.2) is 0 Å². The summed E-state index contributed by atoms with van der Waals surface area (Å²) in [5, 5.41) is 25.4. The molecular weight excluding hydrogens is 120 g/mol. The highest BCUT2D eigenvalue weighted by atomic mass is 16.7. The van der Waals surface area contributed by atoms with Gasteiger partial charge in [-0.15, -0.1) is 0 Å². The van der Waals surface area contributed by atoms with E-state index in [9.17, 15) is 0 Å². The molecule has 0 aliphatic heterocycles. The van der Waals surface area contributed by atoms with Crippen molar-refractivity contribution in [2.45, 2.75) is 33.2 Å². The third kappa shape index (κ3) is 7.88. The first-order valence-electron chi connectivity index (χ1n) is 2.88. The molecule has 3 heteroatoms. The molecule has 0 aliphatic carbocycles. The van der Waals surface area contributed by atoms with Gasteiger partial charge in [-0.3, -0.25) is 0 Å². The SMILES string of the molecule is CC(C)(C)CC(O)(O)O. The predicted molar refractivity (Wildman–Crippen MR) is 33.5 cm³/mol. The quantitative estimate of drug-likeness (QED) is 0.444. The lowest BCUT2D eigenvalue weighted by molar-refractivity contribution is -0.324. The fourth-order valence-electron chi connectivity index (χ4n) is 0.712. The molecule has 0 rings (SSSR count). The van der Waals surface area contributed by atoms with Gasteiger partial charge in [-0.25, -0.2) is 0 Å². The molecule has 0 aromatic heterocycles. The Bertz CT molecular complexity index is 73.5. The molecule has 3 N–H and O–H groups in total. The minimum atomic E-state index is -2.52. The molecule has 3 nitrogen and oxygen atoms in total. The van der Waals surface area contributed by atoms with Gasteiger partial charge in [0.15, 0.2) is 0 Å². The molecule has 0 saturated carbocycles. The second-order valence-electron chi connectivity index (χ2n) is 3.51. The van der Waals surface area contributed by atoms with Gasteiger partial charge >= 0.3 is 0 Å². The van der Waals surface area contributed by atoms with Gasteiger partial charge in [0.05, 0.1) is 0 Å². The topological polar surface area (TPSA) is 60.7 Å². The van der Waals surface area contributed by atoms with Crippen molar-refractivity contribution in [3.63, 3.8) is 0 Å². The predicted octanol–water partition coefficient (Wildman–Crippen LogP) is 0.0533. The molecule has 0 saturated heterocycles. The molecule has 0 heterocycles. The summed E-state index contributed by atoms with van der Waals surface area (Å²) in [6.07, 6.45) is -0.0417. The van der Waals surface area contributed by atoms with E-state index in [-0.39, 0.29) is 11.8 Å². The first kappa shape index (κ1) is 8.88. The molecule has 0 amide bonds. The van der Waals surface area contributed by atoms with Gasteiger partial charge in [-0.1, -0.05) is 20.8 Å². The van der Waals surface area contributed by atoms with E-state index in [4.69, 9.17) is 15.3 Å². The largest absolute Gasteiger partial charge is 0.344 e. The maximum atomic E-state index is 8.46. The van der Waals surface area contributed by atoms with Crippen LogP contribution < -0.4 is 0 Å². The van der Waals surface area contributed by atoms with Gasteiger partial charge in [0, 0.05) is 6.42 Å². The van der Waals surface area contributed by atoms with Crippen molar-refractivity contribution >= 4 is 0 Å². The van der Waals surface area contributed by atoms with Crippen LogP contribution in [0.5, 0.6) is 0 Å². The highest BCUT2D eigenvalue weighted by Crippen LogP contribution is 2.23. The van der Waals surface area contributed by atoms with Crippen LogP contribution in [0, 0.1) is 5.41 Å². The van der Waals surface area contributed by atoms with Crippen molar-refractivity contribution < 1.29 is 15.3 Å².